The van der Waals surface area contributed by atoms with Gasteiger partial charge in [0.25, 0.3) is 5.91 Å². The molecule has 0 bridgehead atoms. The lowest BCUT2D eigenvalue weighted by Crippen LogP contribution is -2.18. The standard InChI is InChI=1S/C23H21N3O5/c1-24-23(28)19-13-18(9-10-25-19)31-17-4-2-3-15(11-17)5-8-22(27)26-16-6-7-20-21(12-16)30-14-29-20/h2-4,6-7,9-13H,5,8,14H2,1H3,(H,24,28)(H,26,27). The van der Waals surface area contributed by atoms with Crippen molar-refractivity contribution >= 4 is 17.5 Å². The van der Waals surface area contributed by atoms with Gasteiger partial charge in [0.15, 0.2) is 11.5 Å². The monoisotopic (exact) mass is 419 g/mol. The fourth-order valence-corrected chi connectivity index (χ4v) is 3.08. The maximum atomic E-state index is 12.3. The molecule has 0 aliphatic carbocycles. The van der Waals surface area contributed by atoms with Crippen molar-refractivity contribution in [2.24, 2.45) is 0 Å². The molecule has 2 aromatic carbocycles. The first-order chi connectivity index (χ1) is 15.1. The molecule has 4 rings (SSSR count). The van der Waals surface area contributed by atoms with Crippen molar-refractivity contribution in [2.45, 2.75) is 12.8 Å². The molecule has 1 aliphatic heterocycles. The number of amides is 2. The number of anilines is 1. The van der Waals surface area contributed by atoms with Gasteiger partial charge < -0.3 is 24.8 Å². The molecule has 0 saturated carbocycles. The summed E-state index contributed by atoms with van der Waals surface area (Å²) in [7, 11) is 1.55. The Bertz CT molecular complexity index is 1120. The van der Waals surface area contributed by atoms with E-state index in [1.54, 1.807) is 37.4 Å². The minimum absolute atomic E-state index is 0.102. The molecular formula is C23H21N3O5. The van der Waals surface area contributed by atoms with Gasteiger partial charge in [0.2, 0.25) is 12.7 Å². The highest BCUT2D eigenvalue weighted by Crippen LogP contribution is 2.34. The molecule has 2 heterocycles. The summed E-state index contributed by atoms with van der Waals surface area (Å²) in [4.78, 5) is 28.1. The van der Waals surface area contributed by atoms with Gasteiger partial charge in [-0.05, 0) is 42.3 Å². The Labute approximate surface area is 179 Å². The highest BCUT2D eigenvalue weighted by molar-refractivity contribution is 5.92. The van der Waals surface area contributed by atoms with Crippen molar-refractivity contribution in [3.8, 4) is 23.0 Å². The van der Waals surface area contributed by atoms with Crippen molar-refractivity contribution in [2.75, 3.05) is 19.2 Å². The van der Waals surface area contributed by atoms with Crippen LogP contribution in [0.25, 0.3) is 0 Å². The first-order valence-electron chi connectivity index (χ1n) is 9.75. The van der Waals surface area contributed by atoms with Gasteiger partial charge in [-0.1, -0.05) is 12.1 Å². The number of hydrogen-bond acceptors (Lipinski definition) is 6. The molecule has 1 aliphatic rings. The Balaban J connectivity index is 1.34. The summed E-state index contributed by atoms with van der Waals surface area (Å²) in [6.45, 7) is 0.192. The predicted octanol–water partition coefficient (Wildman–Crippen LogP) is 3.53. The summed E-state index contributed by atoms with van der Waals surface area (Å²) in [5, 5.41) is 5.40. The molecule has 0 atom stereocenters. The summed E-state index contributed by atoms with van der Waals surface area (Å²) in [6, 6.07) is 16.0. The van der Waals surface area contributed by atoms with Gasteiger partial charge >= 0.3 is 0 Å². The van der Waals surface area contributed by atoms with Crippen LogP contribution in [0.5, 0.6) is 23.0 Å². The topological polar surface area (TPSA) is 98.8 Å². The quantitative estimate of drug-likeness (QED) is 0.608. The maximum absolute atomic E-state index is 12.3. The number of aryl methyl sites for hydroxylation is 1. The molecule has 0 fully saturated rings. The number of benzene rings is 2. The summed E-state index contributed by atoms with van der Waals surface area (Å²) < 4.78 is 16.4. The number of carbonyl (C=O) groups is 2. The zero-order valence-corrected chi connectivity index (χ0v) is 16.9. The average Bonchev–Trinajstić information content (AvgIpc) is 3.25. The van der Waals surface area contributed by atoms with Gasteiger partial charge in [-0.3, -0.25) is 14.6 Å². The molecule has 0 spiro atoms. The second-order valence-corrected chi connectivity index (χ2v) is 6.82. The number of ether oxygens (including phenoxy) is 3. The molecule has 0 unspecified atom stereocenters. The lowest BCUT2D eigenvalue weighted by molar-refractivity contribution is -0.116. The highest BCUT2D eigenvalue weighted by Gasteiger charge is 2.14. The van der Waals surface area contributed by atoms with Gasteiger partial charge in [-0.15, -0.1) is 0 Å². The van der Waals surface area contributed by atoms with Crippen molar-refractivity contribution in [1.82, 2.24) is 10.3 Å². The van der Waals surface area contributed by atoms with Crippen LogP contribution >= 0.6 is 0 Å². The van der Waals surface area contributed by atoms with Gasteiger partial charge in [-0.2, -0.15) is 0 Å². The Hall–Kier alpha value is -4.07. The van der Waals surface area contributed by atoms with E-state index in [0.29, 0.717) is 41.5 Å². The van der Waals surface area contributed by atoms with Crippen LogP contribution in [0.2, 0.25) is 0 Å². The molecule has 0 radical (unpaired) electrons. The molecule has 0 saturated heterocycles. The number of nitrogens with zero attached hydrogens (tertiary/aromatic N) is 1. The van der Waals surface area contributed by atoms with Gasteiger partial charge in [0, 0.05) is 37.5 Å². The van der Waals surface area contributed by atoms with E-state index in [0.717, 1.165) is 5.56 Å². The number of rotatable bonds is 7. The molecule has 1 aromatic heterocycles. The summed E-state index contributed by atoms with van der Waals surface area (Å²) in [6.07, 6.45) is 2.38. The van der Waals surface area contributed by atoms with Crippen molar-refractivity contribution < 1.29 is 23.8 Å². The number of nitrogens with one attached hydrogen (secondary N) is 2. The van der Waals surface area contributed by atoms with Crippen LogP contribution in [-0.4, -0.2) is 30.6 Å². The normalized spacial score (nSPS) is 11.6. The molecule has 2 amide bonds. The highest BCUT2D eigenvalue weighted by atomic mass is 16.7. The fraction of sp³-hybridized carbons (Fsp3) is 0.174. The van der Waals surface area contributed by atoms with Crippen molar-refractivity contribution in [1.29, 1.82) is 0 Å². The van der Waals surface area contributed by atoms with Crippen molar-refractivity contribution in [3.05, 3.63) is 72.1 Å². The molecular weight excluding hydrogens is 398 g/mol. The fourth-order valence-electron chi connectivity index (χ4n) is 3.08. The van der Waals surface area contributed by atoms with Gasteiger partial charge in [0.1, 0.15) is 17.2 Å². The van der Waals surface area contributed by atoms with Crippen LogP contribution in [0.1, 0.15) is 22.5 Å². The summed E-state index contributed by atoms with van der Waals surface area (Å²) in [5.41, 5.74) is 1.89. The Morgan fingerprint density at radius 1 is 1.03 bits per heavy atom. The van der Waals surface area contributed by atoms with Gasteiger partial charge in [-0.25, -0.2) is 0 Å². The number of fused-ring (bicyclic) bond motifs is 1. The second kappa shape index (κ2) is 9.17. The minimum atomic E-state index is -0.285. The van der Waals surface area contributed by atoms with Crippen LogP contribution in [0.4, 0.5) is 5.69 Å². The zero-order valence-electron chi connectivity index (χ0n) is 16.9. The second-order valence-electron chi connectivity index (χ2n) is 6.82. The van der Waals surface area contributed by atoms with E-state index in [-0.39, 0.29) is 24.3 Å². The van der Waals surface area contributed by atoms with Crippen LogP contribution in [0.15, 0.2) is 60.8 Å². The lowest BCUT2D eigenvalue weighted by atomic mass is 10.1. The van der Waals surface area contributed by atoms with E-state index in [9.17, 15) is 9.59 Å². The Morgan fingerprint density at radius 3 is 2.74 bits per heavy atom. The third-order valence-corrected chi connectivity index (χ3v) is 4.62. The largest absolute Gasteiger partial charge is 0.457 e. The SMILES string of the molecule is CNC(=O)c1cc(Oc2cccc(CCC(=O)Nc3ccc4c(c3)OCO4)c2)ccn1. The first kappa shape index (κ1) is 20.2. The zero-order chi connectivity index (χ0) is 21.6. The molecule has 2 N–H and O–H groups in total. The van der Waals surface area contributed by atoms with Crippen molar-refractivity contribution in [3.63, 3.8) is 0 Å². The average molecular weight is 419 g/mol. The van der Waals surface area contributed by atoms with E-state index in [1.807, 2.05) is 24.3 Å². The molecule has 31 heavy (non-hydrogen) atoms. The molecule has 8 nitrogen and oxygen atoms in total. The first-order valence-corrected chi connectivity index (χ1v) is 9.75. The third-order valence-electron chi connectivity index (χ3n) is 4.62. The van der Waals surface area contributed by atoms with E-state index < -0.39 is 0 Å². The van der Waals surface area contributed by atoms with E-state index in [2.05, 4.69) is 15.6 Å². The maximum Gasteiger partial charge on any atom is 0.269 e. The lowest BCUT2D eigenvalue weighted by Gasteiger charge is -2.09. The van der Waals surface area contributed by atoms with Crippen LogP contribution in [0, 0.1) is 0 Å². The number of carbonyl (C=O) groups excluding carboxylic acids is 2. The summed E-state index contributed by atoms with van der Waals surface area (Å²) >= 11 is 0. The van der Waals surface area contributed by atoms with Crippen LogP contribution in [-0.2, 0) is 11.2 Å². The van der Waals surface area contributed by atoms with Crippen LogP contribution < -0.4 is 24.8 Å². The number of pyridine rings is 1. The van der Waals surface area contributed by atoms with E-state index >= 15 is 0 Å². The Morgan fingerprint density at radius 2 is 1.87 bits per heavy atom. The third kappa shape index (κ3) is 5.11. The van der Waals surface area contributed by atoms with E-state index in [4.69, 9.17) is 14.2 Å². The molecule has 3 aromatic rings. The minimum Gasteiger partial charge on any atom is -0.457 e. The molecule has 158 valence electrons. The predicted molar refractivity (Wildman–Crippen MR) is 114 cm³/mol. The summed E-state index contributed by atoms with van der Waals surface area (Å²) in [5.74, 6) is 2.03. The van der Waals surface area contributed by atoms with E-state index in [1.165, 1.54) is 6.20 Å². The van der Waals surface area contributed by atoms with Gasteiger partial charge in [0.05, 0.1) is 0 Å². The Kier molecular flexibility index (Phi) is 5.98. The number of aromatic nitrogens is 1. The molecule has 8 heteroatoms. The van der Waals surface area contributed by atoms with Crippen LogP contribution in [0.3, 0.4) is 0 Å². The smallest absolute Gasteiger partial charge is 0.269 e. The number of hydrogen-bond donors (Lipinski definition) is 2.